The Morgan fingerprint density at radius 2 is 1.67 bits per heavy atom. The highest BCUT2D eigenvalue weighted by molar-refractivity contribution is 9.10. The van der Waals surface area contributed by atoms with Crippen LogP contribution in [0.3, 0.4) is 0 Å². The molecule has 0 saturated heterocycles. The Kier molecular flexibility index (Phi) is 5.06. The second-order valence-electron chi connectivity index (χ2n) is 5.33. The molecule has 2 aromatic carbocycles. The van der Waals surface area contributed by atoms with Gasteiger partial charge in [-0.1, -0.05) is 38.1 Å². The van der Waals surface area contributed by atoms with Gasteiger partial charge in [0.1, 0.15) is 0 Å². The van der Waals surface area contributed by atoms with Crippen LogP contribution >= 0.6 is 15.9 Å². The molecule has 0 aliphatic carbocycles. The van der Waals surface area contributed by atoms with Gasteiger partial charge >= 0.3 is 0 Å². The molecule has 0 spiro atoms. The fourth-order valence-electron chi connectivity index (χ4n) is 2.02. The third kappa shape index (κ3) is 4.32. The first-order valence-electron chi connectivity index (χ1n) is 6.75. The third-order valence-corrected chi connectivity index (χ3v) is 5.07. The first-order chi connectivity index (χ1) is 9.88. The smallest absolute Gasteiger partial charge is 0.261 e. The van der Waals surface area contributed by atoms with E-state index in [9.17, 15) is 8.42 Å². The number of hydrogen-bond donors (Lipinski definition) is 1. The number of para-hydroxylation sites is 1. The van der Waals surface area contributed by atoms with E-state index in [0.29, 0.717) is 16.1 Å². The largest absolute Gasteiger partial charge is 0.278 e. The topological polar surface area (TPSA) is 46.2 Å². The third-order valence-electron chi connectivity index (χ3n) is 3.00. The van der Waals surface area contributed by atoms with Gasteiger partial charge in [0.25, 0.3) is 10.0 Å². The summed E-state index contributed by atoms with van der Waals surface area (Å²) >= 11 is 3.33. The lowest BCUT2D eigenvalue weighted by Crippen LogP contribution is -2.13. The van der Waals surface area contributed by atoms with Gasteiger partial charge in [-0.2, -0.15) is 0 Å². The lowest BCUT2D eigenvalue weighted by Gasteiger charge is -2.10. The molecule has 0 aliphatic rings. The zero-order valence-electron chi connectivity index (χ0n) is 12.0. The van der Waals surface area contributed by atoms with Crippen molar-refractivity contribution in [3.63, 3.8) is 0 Å². The van der Waals surface area contributed by atoms with E-state index in [4.69, 9.17) is 0 Å². The van der Waals surface area contributed by atoms with Crippen LogP contribution in [0.5, 0.6) is 0 Å². The molecule has 0 amide bonds. The summed E-state index contributed by atoms with van der Waals surface area (Å²) in [5.41, 5.74) is 1.67. The molecule has 0 heterocycles. The van der Waals surface area contributed by atoms with Crippen LogP contribution in [0.15, 0.2) is 57.9 Å². The predicted octanol–water partition coefficient (Wildman–Crippen LogP) is 4.45. The highest BCUT2D eigenvalue weighted by Crippen LogP contribution is 2.24. The summed E-state index contributed by atoms with van der Waals surface area (Å²) in [7, 11) is -3.56. The van der Waals surface area contributed by atoms with E-state index >= 15 is 0 Å². The summed E-state index contributed by atoms with van der Waals surface area (Å²) in [5, 5.41) is 0. The van der Waals surface area contributed by atoms with Crippen LogP contribution in [0.1, 0.15) is 19.4 Å². The molecule has 0 bridgehead atoms. The second-order valence-corrected chi connectivity index (χ2v) is 7.86. The van der Waals surface area contributed by atoms with Crippen LogP contribution in [-0.2, 0) is 16.4 Å². The van der Waals surface area contributed by atoms with E-state index < -0.39 is 10.0 Å². The number of anilines is 1. The average molecular weight is 368 g/mol. The number of benzene rings is 2. The van der Waals surface area contributed by atoms with Crippen LogP contribution < -0.4 is 4.72 Å². The number of hydrogen-bond acceptors (Lipinski definition) is 2. The fraction of sp³-hybridized carbons (Fsp3) is 0.250. The van der Waals surface area contributed by atoms with Gasteiger partial charge in [0, 0.05) is 4.47 Å². The van der Waals surface area contributed by atoms with Crippen molar-refractivity contribution in [1.29, 1.82) is 0 Å². The van der Waals surface area contributed by atoms with Crippen molar-refractivity contribution in [2.24, 2.45) is 5.92 Å². The summed E-state index contributed by atoms with van der Waals surface area (Å²) in [6.07, 6.45) is 0.942. The van der Waals surface area contributed by atoms with Gasteiger partial charge in [0.05, 0.1) is 10.6 Å². The monoisotopic (exact) mass is 367 g/mol. The zero-order chi connectivity index (χ0) is 15.5. The standard InChI is InChI=1S/C16H18BrNO2S/c1-12(2)11-13-7-9-14(10-8-13)21(19,20)18-16-6-4-3-5-15(16)17/h3-10,12,18H,11H2,1-2H3. The van der Waals surface area contributed by atoms with E-state index in [1.165, 1.54) is 0 Å². The van der Waals surface area contributed by atoms with Crippen molar-refractivity contribution >= 4 is 31.6 Å². The van der Waals surface area contributed by atoms with Crippen molar-refractivity contribution in [3.05, 3.63) is 58.6 Å². The highest BCUT2D eigenvalue weighted by atomic mass is 79.9. The van der Waals surface area contributed by atoms with E-state index in [2.05, 4.69) is 34.5 Å². The van der Waals surface area contributed by atoms with Crippen LogP contribution in [0.2, 0.25) is 0 Å². The van der Waals surface area contributed by atoms with E-state index in [1.807, 2.05) is 18.2 Å². The van der Waals surface area contributed by atoms with Crippen molar-refractivity contribution in [2.45, 2.75) is 25.2 Å². The Morgan fingerprint density at radius 1 is 1.05 bits per heavy atom. The molecule has 2 rings (SSSR count). The summed E-state index contributed by atoms with van der Waals surface area (Å²) in [4.78, 5) is 0.269. The first-order valence-corrected chi connectivity index (χ1v) is 9.02. The molecule has 112 valence electrons. The summed E-state index contributed by atoms with van der Waals surface area (Å²) in [5.74, 6) is 0.547. The zero-order valence-corrected chi connectivity index (χ0v) is 14.4. The SMILES string of the molecule is CC(C)Cc1ccc(S(=O)(=O)Nc2ccccc2Br)cc1. The normalized spacial score (nSPS) is 11.6. The number of rotatable bonds is 5. The van der Waals surface area contributed by atoms with Crippen molar-refractivity contribution in [3.8, 4) is 0 Å². The fourth-order valence-corrected chi connectivity index (χ4v) is 3.62. The molecule has 0 aliphatic heterocycles. The lowest BCUT2D eigenvalue weighted by molar-refractivity contribution is 0.601. The molecule has 0 fully saturated rings. The van der Waals surface area contributed by atoms with Crippen LogP contribution in [0.25, 0.3) is 0 Å². The molecule has 5 heteroatoms. The van der Waals surface area contributed by atoms with Crippen molar-refractivity contribution < 1.29 is 8.42 Å². The molecule has 3 nitrogen and oxygen atoms in total. The van der Waals surface area contributed by atoms with Gasteiger partial charge in [-0.15, -0.1) is 0 Å². The Balaban J connectivity index is 2.22. The number of nitrogens with one attached hydrogen (secondary N) is 1. The van der Waals surface area contributed by atoms with Crippen LogP contribution in [-0.4, -0.2) is 8.42 Å². The van der Waals surface area contributed by atoms with E-state index in [-0.39, 0.29) is 4.90 Å². The molecule has 0 saturated carbocycles. The predicted molar refractivity (Wildman–Crippen MR) is 89.9 cm³/mol. The molecule has 0 aromatic heterocycles. The maximum absolute atomic E-state index is 12.4. The Labute approximate surface area is 134 Å². The van der Waals surface area contributed by atoms with Crippen molar-refractivity contribution in [1.82, 2.24) is 0 Å². The van der Waals surface area contributed by atoms with Gasteiger partial charge in [-0.05, 0) is 58.1 Å². The van der Waals surface area contributed by atoms with Gasteiger partial charge < -0.3 is 0 Å². The van der Waals surface area contributed by atoms with Crippen LogP contribution in [0, 0.1) is 5.92 Å². The first kappa shape index (κ1) is 16.0. The molecular weight excluding hydrogens is 350 g/mol. The molecule has 0 unspecified atom stereocenters. The quantitative estimate of drug-likeness (QED) is 0.848. The Morgan fingerprint density at radius 3 is 2.24 bits per heavy atom. The van der Waals surface area contributed by atoms with Gasteiger partial charge in [-0.3, -0.25) is 4.72 Å². The minimum absolute atomic E-state index is 0.269. The minimum atomic E-state index is -3.56. The Bertz CT molecular complexity index is 709. The summed E-state index contributed by atoms with van der Waals surface area (Å²) < 4.78 is 28.0. The number of halogens is 1. The average Bonchev–Trinajstić information content (AvgIpc) is 2.41. The lowest BCUT2D eigenvalue weighted by atomic mass is 10.0. The molecular formula is C16H18BrNO2S. The molecule has 1 N–H and O–H groups in total. The van der Waals surface area contributed by atoms with Crippen molar-refractivity contribution in [2.75, 3.05) is 4.72 Å². The second kappa shape index (κ2) is 6.62. The Hall–Kier alpha value is -1.33. The van der Waals surface area contributed by atoms with Gasteiger partial charge in [0.2, 0.25) is 0 Å². The molecule has 21 heavy (non-hydrogen) atoms. The summed E-state index contributed by atoms with van der Waals surface area (Å²) in [6, 6.07) is 14.2. The van der Waals surface area contributed by atoms with E-state index in [1.54, 1.807) is 30.3 Å². The molecule has 2 aromatic rings. The van der Waals surface area contributed by atoms with E-state index in [0.717, 1.165) is 12.0 Å². The maximum atomic E-state index is 12.4. The minimum Gasteiger partial charge on any atom is -0.278 e. The number of sulfonamides is 1. The summed E-state index contributed by atoms with van der Waals surface area (Å²) in [6.45, 7) is 4.28. The molecule has 0 radical (unpaired) electrons. The van der Waals surface area contributed by atoms with Crippen LogP contribution in [0.4, 0.5) is 5.69 Å². The van der Waals surface area contributed by atoms with Gasteiger partial charge in [0.15, 0.2) is 0 Å². The van der Waals surface area contributed by atoms with Gasteiger partial charge in [-0.25, -0.2) is 8.42 Å². The highest BCUT2D eigenvalue weighted by Gasteiger charge is 2.15. The maximum Gasteiger partial charge on any atom is 0.261 e. The molecule has 0 atom stereocenters.